The smallest absolute Gasteiger partial charge is 0.416 e. The zero-order valence-corrected chi connectivity index (χ0v) is 20.8. The van der Waals surface area contributed by atoms with E-state index in [1.54, 1.807) is 33.9 Å². The Kier molecular flexibility index (Phi) is 10.3. The summed E-state index contributed by atoms with van der Waals surface area (Å²) in [5, 5.41) is 15.4. The molecule has 1 unspecified atom stereocenters. The molecule has 1 heterocycles. The molecule has 1 aliphatic rings. The second-order valence-corrected chi connectivity index (χ2v) is 8.59. The van der Waals surface area contributed by atoms with Crippen molar-refractivity contribution in [3.8, 4) is 5.75 Å². The zero-order valence-electron chi connectivity index (χ0n) is 18.4. The van der Waals surface area contributed by atoms with Gasteiger partial charge < -0.3 is 25.2 Å². The minimum Gasteiger partial charge on any atom is -0.488 e. The van der Waals surface area contributed by atoms with E-state index in [1.807, 2.05) is 0 Å². The largest absolute Gasteiger partial charge is 0.488 e. The van der Waals surface area contributed by atoms with Gasteiger partial charge >= 0.3 is 6.18 Å². The van der Waals surface area contributed by atoms with Crippen molar-refractivity contribution < 1.29 is 27.8 Å². The van der Waals surface area contributed by atoms with Crippen LogP contribution in [0.2, 0.25) is 0 Å². The topological polar surface area (TPSA) is 75.1 Å². The Morgan fingerprint density at radius 1 is 1.26 bits per heavy atom. The Bertz CT molecular complexity index is 731. The number of aliphatic imine (C=N–C) groups is 1. The molecule has 0 aromatic heterocycles. The standard InChI is InChI=1S/C21H32F3N3O3.HI/c1-19(2,3)30-16-6-5-15(17(11-16)21(22,23)24)12-26-18(25-4)27-13-20(7-9-28)8-10-29-14-20;/h5-6,11,28H,7-10,12-14H2,1-4H3,(H2,25,26,27);1H. The van der Waals surface area contributed by atoms with Crippen molar-refractivity contribution in [3.05, 3.63) is 29.3 Å². The van der Waals surface area contributed by atoms with Crippen molar-refractivity contribution in [1.29, 1.82) is 0 Å². The lowest BCUT2D eigenvalue weighted by Crippen LogP contribution is -2.44. The highest BCUT2D eigenvalue weighted by Crippen LogP contribution is 2.35. The zero-order chi connectivity index (χ0) is 22.4. The predicted molar refractivity (Wildman–Crippen MR) is 125 cm³/mol. The van der Waals surface area contributed by atoms with E-state index in [0.29, 0.717) is 32.1 Å². The van der Waals surface area contributed by atoms with Crippen LogP contribution in [0.5, 0.6) is 5.75 Å². The molecule has 1 aliphatic heterocycles. The van der Waals surface area contributed by atoms with E-state index in [9.17, 15) is 18.3 Å². The third kappa shape index (κ3) is 8.64. The van der Waals surface area contributed by atoms with E-state index in [4.69, 9.17) is 9.47 Å². The fraction of sp³-hybridized carbons (Fsp3) is 0.667. The van der Waals surface area contributed by atoms with Crippen molar-refractivity contribution in [2.24, 2.45) is 10.4 Å². The Morgan fingerprint density at radius 2 is 1.97 bits per heavy atom. The number of nitrogens with zero attached hydrogens (tertiary/aromatic N) is 1. The van der Waals surface area contributed by atoms with Crippen LogP contribution in [0.3, 0.4) is 0 Å². The third-order valence-corrected chi connectivity index (χ3v) is 4.94. The minimum absolute atomic E-state index is 0. The van der Waals surface area contributed by atoms with Crippen LogP contribution in [0.4, 0.5) is 13.2 Å². The summed E-state index contributed by atoms with van der Waals surface area (Å²) in [6.45, 7) is 7.02. The van der Waals surface area contributed by atoms with Crippen LogP contribution >= 0.6 is 24.0 Å². The number of guanidine groups is 1. The first-order valence-electron chi connectivity index (χ1n) is 10.0. The molecule has 178 valence electrons. The average molecular weight is 559 g/mol. The highest BCUT2D eigenvalue weighted by Gasteiger charge is 2.35. The van der Waals surface area contributed by atoms with Crippen LogP contribution in [0.1, 0.15) is 44.7 Å². The van der Waals surface area contributed by atoms with Gasteiger partial charge in [0.25, 0.3) is 0 Å². The van der Waals surface area contributed by atoms with Gasteiger partial charge in [0.05, 0.1) is 12.2 Å². The molecule has 0 radical (unpaired) electrons. The summed E-state index contributed by atoms with van der Waals surface area (Å²) in [5.74, 6) is 0.565. The van der Waals surface area contributed by atoms with Gasteiger partial charge in [-0.3, -0.25) is 4.99 Å². The summed E-state index contributed by atoms with van der Waals surface area (Å²) in [4.78, 5) is 4.10. The fourth-order valence-corrected chi connectivity index (χ4v) is 3.37. The predicted octanol–water partition coefficient (Wildman–Crippen LogP) is 3.95. The summed E-state index contributed by atoms with van der Waals surface area (Å²) < 4.78 is 51.8. The maximum Gasteiger partial charge on any atom is 0.416 e. The van der Waals surface area contributed by atoms with Crippen molar-refractivity contribution in [2.45, 2.75) is 51.9 Å². The Labute approximate surface area is 199 Å². The van der Waals surface area contributed by atoms with E-state index in [2.05, 4.69) is 15.6 Å². The molecule has 1 fully saturated rings. The van der Waals surface area contributed by atoms with Gasteiger partial charge in [-0.05, 0) is 51.3 Å². The lowest BCUT2D eigenvalue weighted by molar-refractivity contribution is -0.138. The maximum absolute atomic E-state index is 13.6. The molecule has 3 N–H and O–H groups in total. The molecule has 1 atom stereocenters. The Hall–Kier alpha value is -1.27. The lowest BCUT2D eigenvalue weighted by Gasteiger charge is -2.28. The van der Waals surface area contributed by atoms with Crippen molar-refractivity contribution in [1.82, 2.24) is 10.6 Å². The van der Waals surface area contributed by atoms with Gasteiger partial charge in [0.15, 0.2) is 5.96 Å². The van der Waals surface area contributed by atoms with Gasteiger partial charge in [-0.2, -0.15) is 13.2 Å². The van der Waals surface area contributed by atoms with Gasteiger partial charge in [-0.15, -0.1) is 24.0 Å². The number of nitrogens with one attached hydrogen (secondary N) is 2. The molecule has 1 aromatic carbocycles. The number of rotatable bonds is 7. The first kappa shape index (κ1) is 27.8. The molecule has 0 spiro atoms. The monoisotopic (exact) mass is 559 g/mol. The number of halogens is 4. The molecule has 31 heavy (non-hydrogen) atoms. The van der Waals surface area contributed by atoms with Gasteiger partial charge in [0.2, 0.25) is 0 Å². The third-order valence-electron chi connectivity index (χ3n) is 4.94. The van der Waals surface area contributed by atoms with Gasteiger partial charge in [-0.1, -0.05) is 6.07 Å². The van der Waals surface area contributed by atoms with Crippen molar-refractivity contribution >= 4 is 29.9 Å². The molecule has 0 saturated carbocycles. The number of aliphatic hydroxyl groups excluding tert-OH is 1. The number of aliphatic hydroxyl groups is 1. The van der Waals surface area contributed by atoms with Crippen LogP contribution in [0.25, 0.3) is 0 Å². The summed E-state index contributed by atoms with van der Waals surface area (Å²) in [5.41, 5.74) is -1.44. The van der Waals surface area contributed by atoms with Gasteiger partial charge in [0.1, 0.15) is 11.4 Å². The van der Waals surface area contributed by atoms with Gasteiger partial charge in [0, 0.05) is 38.8 Å². The molecule has 2 rings (SSSR count). The summed E-state index contributed by atoms with van der Waals surface area (Å²) in [6.07, 6.45) is -3.10. The highest BCUT2D eigenvalue weighted by molar-refractivity contribution is 14.0. The number of ether oxygens (including phenoxy) is 2. The van der Waals surface area contributed by atoms with E-state index in [0.717, 1.165) is 12.5 Å². The molecular formula is C21H33F3IN3O3. The van der Waals surface area contributed by atoms with Crippen molar-refractivity contribution in [2.75, 3.05) is 33.4 Å². The van der Waals surface area contributed by atoms with E-state index >= 15 is 0 Å². The van der Waals surface area contributed by atoms with Crippen molar-refractivity contribution in [3.63, 3.8) is 0 Å². The first-order valence-corrected chi connectivity index (χ1v) is 10.0. The van der Waals surface area contributed by atoms with Crippen LogP contribution in [0, 0.1) is 5.41 Å². The molecular weight excluding hydrogens is 526 g/mol. The molecule has 6 nitrogen and oxygen atoms in total. The second-order valence-electron chi connectivity index (χ2n) is 8.59. The number of hydrogen-bond donors (Lipinski definition) is 3. The SMILES string of the molecule is CN=C(NCc1ccc(OC(C)(C)C)cc1C(F)(F)F)NCC1(CCO)CCOC1.I. The summed E-state index contributed by atoms with van der Waals surface area (Å²) >= 11 is 0. The summed E-state index contributed by atoms with van der Waals surface area (Å²) in [7, 11) is 1.56. The van der Waals surface area contributed by atoms with Gasteiger partial charge in [-0.25, -0.2) is 0 Å². The average Bonchev–Trinajstić information content (AvgIpc) is 3.09. The maximum atomic E-state index is 13.6. The van der Waals surface area contributed by atoms with Crippen LogP contribution in [-0.4, -0.2) is 50.1 Å². The first-order chi connectivity index (χ1) is 14.0. The molecule has 10 heteroatoms. The van der Waals surface area contributed by atoms with E-state index in [1.165, 1.54) is 6.07 Å². The molecule has 0 aliphatic carbocycles. The van der Waals surface area contributed by atoms with Crippen LogP contribution < -0.4 is 15.4 Å². The Morgan fingerprint density at radius 3 is 2.48 bits per heavy atom. The molecule has 1 aromatic rings. The van der Waals surface area contributed by atoms with E-state index < -0.39 is 17.3 Å². The number of benzene rings is 1. The molecule has 1 saturated heterocycles. The second kappa shape index (κ2) is 11.6. The lowest BCUT2D eigenvalue weighted by atomic mass is 9.84. The fourth-order valence-electron chi connectivity index (χ4n) is 3.37. The highest BCUT2D eigenvalue weighted by atomic mass is 127. The quantitative estimate of drug-likeness (QED) is 0.268. The molecule has 0 bridgehead atoms. The Balaban J connectivity index is 0.00000480. The number of alkyl halides is 3. The normalized spacial score (nSPS) is 19.7. The van der Waals surface area contributed by atoms with Crippen LogP contribution in [-0.2, 0) is 17.5 Å². The summed E-state index contributed by atoms with van der Waals surface area (Å²) in [6, 6.07) is 3.99. The molecule has 0 amide bonds. The van der Waals surface area contributed by atoms with Crippen LogP contribution in [0.15, 0.2) is 23.2 Å². The number of hydrogen-bond acceptors (Lipinski definition) is 4. The van der Waals surface area contributed by atoms with E-state index in [-0.39, 0.29) is 53.9 Å². The minimum atomic E-state index is -4.50.